The molecule has 2 aliphatic rings. The lowest BCUT2D eigenvalue weighted by Crippen LogP contribution is -2.70. The molecule has 2 atom stereocenters. The molecule has 0 unspecified atom stereocenters. The number of nitrogens with zero attached hydrogens (tertiary/aromatic N) is 2. The lowest BCUT2D eigenvalue weighted by atomic mass is 9.94. The molecule has 3 amide bonds. The van der Waals surface area contributed by atoms with Gasteiger partial charge in [0.2, 0.25) is 11.6 Å². The Morgan fingerprint density at radius 3 is 2.68 bits per heavy atom. The summed E-state index contributed by atoms with van der Waals surface area (Å²) in [5.74, 6) is -0.225. The monoisotopic (exact) mass is 419 g/mol. The summed E-state index contributed by atoms with van der Waals surface area (Å²) in [6.45, 7) is 5.75. The topological polar surface area (TPSA) is 79.0 Å². The molecule has 1 N–H and O–H groups in total. The summed E-state index contributed by atoms with van der Waals surface area (Å²) < 4.78 is 5.43. The molecular weight excluding hydrogens is 394 g/mol. The van der Waals surface area contributed by atoms with Crippen molar-refractivity contribution in [3.8, 4) is 5.75 Å². The van der Waals surface area contributed by atoms with Gasteiger partial charge in [-0.15, -0.1) is 6.58 Å². The molecule has 0 spiro atoms. The number of rotatable bonds is 6. The Morgan fingerprint density at radius 1 is 1.23 bits per heavy atom. The van der Waals surface area contributed by atoms with Gasteiger partial charge in [0.25, 0.3) is 11.8 Å². The van der Waals surface area contributed by atoms with E-state index in [1.807, 2.05) is 31.2 Å². The van der Waals surface area contributed by atoms with Crippen LogP contribution >= 0.6 is 0 Å². The van der Waals surface area contributed by atoms with E-state index >= 15 is 0 Å². The first kappa shape index (κ1) is 20.7. The van der Waals surface area contributed by atoms with Crippen molar-refractivity contribution >= 4 is 23.4 Å². The van der Waals surface area contributed by atoms with Crippen LogP contribution in [0, 0.1) is 0 Å². The summed E-state index contributed by atoms with van der Waals surface area (Å²) in [6, 6.07) is 13.9. The van der Waals surface area contributed by atoms with Gasteiger partial charge < -0.3 is 15.0 Å². The van der Waals surface area contributed by atoms with Crippen molar-refractivity contribution in [2.45, 2.75) is 31.5 Å². The third kappa shape index (κ3) is 3.08. The number of ether oxygens (including phenoxy) is 1. The Bertz CT molecular complexity index is 1070. The van der Waals surface area contributed by atoms with Crippen molar-refractivity contribution in [1.82, 2.24) is 10.2 Å². The van der Waals surface area contributed by atoms with Crippen LogP contribution in [0.15, 0.2) is 61.2 Å². The van der Waals surface area contributed by atoms with Crippen LogP contribution in [-0.4, -0.2) is 41.9 Å². The van der Waals surface area contributed by atoms with Gasteiger partial charge in [-0.2, -0.15) is 0 Å². The summed E-state index contributed by atoms with van der Waals surface area (Å²) in [4.78, 5) is 43.1. The number of nitrogens with one attached hydrogen (secondary N) is 1. The predicted octanol–water partition coefficient (Wildman–Crippen LogP) is 3.04. The maximum Gasteiger partial charge on any atom is 0.267 e. The van der Waals surface area contributed by atoms with E-state index in [4.69, 9.17) is 4.74 Å². The number of methoxy groups -OCH3 is 1. The second-order valence-corrected chi connectivity index (χ2v) is 7.70. The molecule has 4 rings (SSSR count). The highest BCUT2D eigenvalue weighted by Crippen LogP contribution is 2.44. The van der Waals surface area contributed by atoms with Crippen molar-refractivity contribution < 1.29 is 19.1 Å². The molecule has 1 saturated heterocycles. The van der Waals surface area contributed by atoms with Crippen LogP contribution in [0.4, 0.5) is 5.69 Å². The molecule has 2 aromatic rings. The summed E-state index contributed by atoms with van der Waals surface area (Å²) in [6.07, 6.45) is 1.96. The van der Waals surface area contributed by atoms with Gasteiger partial charge >= 0.3 is 0 Å². The molecule has 2 aromatic carbocycles. The SMILES string of the molecule is C=CCN1C(=O)c2ccccc2N2C(=O)CC[C@]12C(=O)N[C@@H](C)c1ccccc1OC. The van der Waals surface area contributed by atoms with Gasteiger partial charge in [-0.05, 0) is 25.1 Å². The molecule has 7 nitrogen and oxygen atoms in total. The lowest BCUT2D eigenvalue weighted by molar-refractivity contribution is -0.134. The molecule has 1 fully saturated rings. The first-order chi connectivity index (χ1) is 15.0. The van der Waals surface area contributed by atoms with Crippen molar-refractivity contribution in [1.29, 1.82) is 0 Å². The Hall–Kier alpha value is -3.61. The molecule has 0 radical (unpaired) electrons. The number of hydrogen-bond acceptors (Lipinski definition) is 4. The maximum absolute atomic E-state index is 13.8. The smallest absolute Gasteiger partial charge is 0.267 e. The van der Waals surface area contributed by atoms with E-state index in [1.165, 1.54) is 9.80 Å². The number of carbonyl (C=O) groups is 3. The molecule has 0 aromatic heterocycles. The second kappa shape index (κ2) is 7.91. The molecule has 0 saturated carbocycles. The number of carbonyl (C=O) groups excluding carboxylic acids is 3. The fraction of sp³-hybridized carbons (Fsp3) is 0.292. The van der Waals surface area contributed by atoms with E-state index in [2.05, 4.69) is 11.9 Å². The van der Waals surface area contributed by atoms with Gasteiger partial charge in [-0.3, -0.25) is 19.3 Å². The highest BCUT2D eigenvalue weighted by atomic mass is 16.5. The maximum atomic E-state index is 13.8. The summed E-state index contributed by atoms with van der Waals surface area (Å²) >= 11 is 0. The number of para-hydroxylation sites is 2. The zero-order valence-corrected chi connectivity index (χ0v) is 17.6. The van der Waals surface area contributed by atoms with Crippen molar-refractivity contribution in [2.24, 2.45) is 0 Å². The van der Waals surface area contributed by atoms with E-state index in [0.717, 1.165) is 5.56 Å². The summed E-state index contributed by atoms with van der Waals surface area (Å²) in [5, 5.41) is 3.02. The highest BCUT2D eigenvalue weighted by molar-refractivity contribution is 6.16. The van der Waals surface area contributed by atoms with Crippen LogP contribution in [-0.2, 0) is 9.59 Å². The number of fused-ring (bicyclic) bond motifs is 3. The molecule has 31 heavy (non-hydrogen) atoms. The van der Waals surface area contributed by atoms with Gasteiger partial charge in [0, 0.05) is 24.9 Å². The molecule has 2 aliphatic heterocycles. The standard InChI is InChI=1S/C24H25N3O4/c1-4-15-26-22(29)18-10-5-7-11-19(18)27-21(28)13-14-24(26,27)23(30)25-16(2)17-9-6-8-12-20(17)31-3/h4-12,16H,1,13-15H2,2-3H3,(H,25,30)/t16-,24-/m0/s1. The fourth-order valence-corrected chi connectivity index (χ4v) is 4.58. The van der Waals surface area contributed by atoms with Gasteiger partial charge in [-0.25, -0.2) is 0 Å². The average Bonchev–Trinajstić information content (AvgIpc) is 3.14. The molecular formula is C24H25N3O4. The van der Waals surface area contributed by atoms with Gasteiger partial charge in [0.1, 0.15) is 5.75 Å². The molecule has 0 bridgehead atoms. The fourth-order valence-electron chi connectivity index (χ4n) is 4.58. The predicted molar refractivity (Wildman–Crippen MR) is 117 cm³/mol. The van der Waals surface area contributed by atoms with Crippen molar-refractivity contribution in [3.63, 3.8) is 0 Å². The van der Waals surface area contributed by atoms with Gasteiger partial charge in [-0.1, -0.05) is 36.4 Å². The zero-order valence-electron chi connectivity index (χ0n) is 17.6. The highest BCUT2D eigenvalue weighted by Gasteiger charge is 2.60. The van der Waals surface area contributed by atoms with Crippen LogP contribution in [0.2, 0.25) is 0 Å². The minimum absolute atomic E-state index is 0.146. The first-order valence-electron chi connectivity index (χ1n) is 10.2. The number of benzene rings is 2. The van der Waals surface area contributed by atoms with Crippen LogP contribution in [0.3, 0.4) is 0 Å². The summed E-state index contributed by atoms with van der Waals surface area (Å²) in [7, 11) is 1.58. The van der Waals surface area contributed by atoms with Crippen LogP contribution < -0.4 is 15.0 Å². The third-order valence-corrected chi connectivity index (χ3v) is 6.00. The number of anilines is 1. The largest absolute Gasteiger partial charge is 0.496 e. The number of amides is 3. The zero-order chi connectivity index (χ0) is 22.2. The Balaban J connectivity index is 1.78. The minimum Gasteiger partial charge on any atom is -0.496 e. The lowest BCUT2D eigenvalue weighted by Gasteiger charge is -2.49. The van der Waals surface area contributed by atoms with E-state index in [1.54, 1.807) is 37.5 Å². The Morgan fingerprint density at radius 2 is 1.94 bits per heavy atom. The van der Waals surface area contributed by atoms with E-state index in [-0.39, 0.29) is 31.2 Å². The quantitative estimate of drug-likeness (QED) is 0.730. The van der Waals surface area contributed by atoms with E-state index in [0.29, 0.717) is 17.0 Å². The molecule has 160 valence electrons. The third-order valence-electron chi connectivity index (χ3n) is 6.00. The van der Waals surface area contributed by atoms with Crippen molar-refractivity contribution in [2.75, 3.05) is 18.6 Å². The molecule has 2 heterocycles. The summed E-state index contributed by atoms with van der Waals surface area (Å²) in [5.41, 5.74) is 0.243. The Labute approximate surface area is 181 Å². The second-order valence-electron chi connectivity index (χ2n) is 7.70. The Kier molecular flexibility index (Phi) is 5.27. The van der Waals surface area contributed by atoms with E-state index in [9.17, 15) is 14.4 Å². The minimum atomic E-state index is -1.44. The van der Waals surface area contributed by atoms with Crippen LogP contribution in [0.25, 0.3) is 0 Å². The van der Waals surface area contributed by atoms with Gasteiger partial charge in [0.15, 0.2) is 0 Å². The molecule has 0 aliphatic carbocycles. The average molecular weight is 419 g/mol. The van der Waals surface area contributed by atoms with Crippen LogP contribution in [0.5, 0.6) is 5.75 Å². The van der Waals surface area contributed by atoms with Crippen LogP contribution in [0.1, 0.15) is 41.7 Å². The normalized spacial score (nSPS) is 20.7. The molecule has 7 heteroatoms. The number of hydrogen-bond donors (Lipinski definition) is 1. The first-order valence-corrected chi connectivity index (χ1v) is 10.2. The van der Waals surface area contributed by atoms with E-state index < -0.39 is 17.6 Å². The van der Waals surface area contributed by atoms with Gasteiger partial charge in [0.05, 0.1) is 24.4 Å². The van der Waals surface area contributed by atoms with Crippen molar-refractivity contribution in [3.05, 3.63) is 72.3 Å².